The summed E-state index contributed by atoms with van der Waals surface area (Å²) in [5, 5.41) is 0. The van der Waals surface area contributed by atoms with E-state index in [0.29, 0.717) is 19.0 Å². The molecule has 2 unspecified atom stereocenters. The summed E-state index contributed by atoms with van der Waals surface area (Å²) in [6.07, 6.45) is 5.76. The lowest BCUT2D eigenvalue weighted by molar-refractivity contribution is 0.103. The van der Waals surface area contributed by atoms with Gasteiger partial charge in [0.1, 0.15) is 31.4 Å². The molecule has 0 radical (unpaired) electrons. The first-order valence-electron chi connectivity index (χ1n) is 9.36. The normalized spacial score (nSPS) is 14.4. The Kier molecular flexibility index (Phi) is 10.8. The van der Waals surface area contributed by atoms with Gasteiger partial charge in [0.05, 0.1) is 12.2 Å². The molecule has 1 aromatic carbocycles. The van der Waals surface area contributed by atoms with Crippen LogP contribution < -0.4 is 4.74 Å². The van der Waals surface area contributed by atoms with Crippen molar-refractivity contribution in [2.45, 2.75) is 46.3 Å². The second-order valence-corrected chi connectivity index (χ2v) is 6.30. The molecule has 5 heteroatoms. The molecule has 1 aromatic rings. The molecule has 0 bridgehead atoms. The van der Waals surface area contributed by atoms with E-state index in [2.05, 4.69) is 12.1 Å². The Balaban J connectivity index is 2.94. The summed E-state index contributed by atoms with van der Waals surface area (Å²) >= 11 is 0. The molecular weight excluding hydrogens is 347 g/mol. The summed E-state index contributed by atoms with van der Waals surface area (Å²) in [7, 11) is 3.35. The Bertz CT molecular complexity index is 594. The van der Waals surface area contributed by atoms with Gasteiger partial charge in [0, 0.05) is 25.3 Å². The number of ether oxygens (including phenoxy) is 4. The minimum atomic E-state index is -0.562. The molecular formula is C22H33FO4. The van der Waals surface area contributed by atoms with Gasteiger partial charge in [-0.3, -0.25) is 0 Å². The monoisotopic (exact) mass is 380 g/mol. The van der Waals surface area contributed by atoms with E-state index in [-0.39, 0.29) is 12.2 Å². The first kappa shape index (κ1) is 23.2. The Hall–Kier alpha value is -1.85. The standard InChI is InChI=1S/C22H33FO4/c1-7-8-9-19(10-11-23)26-12-13-27-22-20(17(3)24-5)14-16(2)15-21(22)18(4)25-6/h8-10,14-15,17-18H,7,11-13H2,1-6H3. The van der Waals surface area contributed by atoms with E-state index in [1.165, 1.54) is 6.08 Å². The molecule has 0 N–H and O–H groups in total. The number of aryl methyl sites for hydroxylation is 1. The molecule has 2 atom stereocenters. The third-order valence-corrected chi connectivity index (χ3v) is 4.27. The number of methoxy groups -OCH3 is 2. The third kappa shape index (κ3) is 7.35. The van der Waals surface area contributed by atoms with Crippen molar-refractivity contribution in [1.82, 2.24) is 0 Å². The lowest BCUT2D eigenvalue weighted by Gasteiger charge is -2.23. The molecule has 27 heavy (non-hydrogen) atoms. The lowest BCUT2D eigenvalue weighted by atomic mass is 9.98. The van der Waals surface area contributed by atoms with Crippen molar-refractivity contribution < 1.29 is 23.3 Å². The van der Waals surface area contributed by atoms with E-state index < -0.39 is 6.67 Å². The zero-order valence-electron chi connectivity index (χ0n) is 17.4. The minimum absolute atomic E-state index is 0.113. The van der Waals surface area contributed by atoms with Crippen LogP contribution in [0, 0.1) is 6.92 Å². The molecule has 0 amide bonds. The molecule has 0 heterocycles. The van der Waals surface area contributed by atoms with Gasteiger partial charge < -0.3 is 18.9 Å². The predicted molar refractivity (Wildman–Crippen MR) is 107 cm³/mol. The van der Waals surface area contributed by atoms with Gasteiger partial charge in [-0.05, 0) is 51.5 Å². The van der Waals surface area contributed by atoms with Crippen molar-refractivity contribution in [2.75, 3.05) is 34.1 Å². The van der Waals surface area contributed by atoms with Crippen LogP contribution in [0.1, 0.15) is 56.1 Å². The van der Waals surface area contributed by atoms with Crippen LogP contribution >= 0.6 is 0 Å². The number of alkyl halides is 1. The number of halogens is 1. The smallest absolute Gasteiger partial charge is 0.131 e. The first-order chi connectivity index (χ1) is 13.0. The van der Waals surface area contributed by atoms with Crippen molar-refractivity contribution in [2.24, 2.45) is 0 Å². The molecule has 152 valence electrons. The van der Waals surface area contributed by atoms with E-state index in [4.69, 9.17) is 18.9 Å². The molecule has 0 aliphatic heterocycles. The number of benzene rings is 1. The summed E-state index contributed by atoms with van der Waals surface area (Å²) in [6.45, 7) is 8.11. The zero-order valence-corrected chi connectivity index (χ0v) is 17.4. The summed E-state index contributed by atoms with van der Waals surface area (Å²) in [5.41, 5.74) is 3.07. The summed E-state index contributed by atoms with van der Waals surface area (Å²) in [4.78, 5) is 0. The van der Waals surface area contributed by atoms with E-state index in [1.807, 2.05) is 33.8 Å². The second kappa shape index (κ2) is 12.5. The Labute approximate surface area is 163 Å². The van der Waals surface area contributed by atoms with Gasteiger partial charge in [-0.1, -0.05) is 18.6 Å². The number of rotatable bonds is 12. The summed E-state index contributed by atoms with van der Waals surface area (Å²) in [6, 6.07) is 4.13. The van der Waals surface area contributed by atoms with Crippen LogP contribution in [-0.4, -0.2) is 34.1 Å². The zero-order chi connectivity index (χ0) is 20.2. The van der Waals surface area contributed by atoms with Crippen molar-refractivity contribution >= 4 is 0 Å². The third-order valence-electron chi connectivity index (χ3n) is 4.27. The number of hydrogen-bond donors (Lipinski definition) is 0. The highest BCUT2D eigenvalue weighted by Gasteiger charge is 2.20. The number of allylic oxidation sites excluding steroid dienone is 3. The van der Waals surface area contributed by atoms with Gasteiger partial charge in [0.2, 0.25) is 0 Å². The molecule has 0 aromatic heterocycles. The molecule has 4 nitrogen and oxygen atoms in total. The van der Waals surface area contributed by atoms with Gasteiger partial charge >= 0.3 is 0 Å². The van der Waals surface area contributed by atoms with Crippen LogP contribution in [0.25, 0.3) is 0 Å². The van der Waals surface area contributed by atoms with Gasteiger partial charge in [-0.2, -0.15) is 0 Å². The highest BCUT2D eigenvalue weighted by atomic mass is 19.1. The molecule has 0 aliphatic rings. The minimum Gasteiger partial charge on any atom is -0.490 e. The van der Waals surface area contributed by atoms with Crippen molar-refractivity contribution in [3.63, 3.8) is 0 Å². The average molecular weight is 381 g/mol. The van der Waals surface area contributed by atoms with E-state index in [0.717, 1.165) is 28.9 Å². The van der Waals surface area contributed by atoms with Gasteiger partial charge in [0.25, 0.3) is 0 Å². The van der Waals surface area contributed by atoms with Gasteiger partial charge in [0.15, 0.2) is 0 Å². The summed E-state index contributed by atoms with van der Waals surface area (Å²) in [5.74, 6) is 1.27. The molecule has 0 fully saturated rings. The van der Waals surface area contributed by atoms with Crippen LogP contribution in [-0.2, 0) is 14.2 Å². The highest BCUT2D eigenvalue weighted by Crippen LogP contribution is 2.36. The molecule has 0 spiro atoms. The Morgan fingerprint density at radius 3 is 2.15 bits per heavy atom. The molecule has 0 saturated carbocycles. The Morgan fingerprint density at radius 1 is 1.07 bits per heavy atom. The molecule has 0 aliphatic carbocycles. The predicted octanol–water partition coefficient (Wildman–Crippen LogP) is 5.62. The van der Waals surface area contributed by atoms with Crippen LogP contribution in [0.15, 0.2) is 36.1 Å². The first-order valence-corrected chi connectivity index (χ1v) is 9.36. The van der Waals surface area contributed by atoms with Crippen molar-refractivity contribution in [1.29, 1.82) is 0 Å². The van der Waals surface area contributed by atoms with Crippen LogP contribution in [0.3, 0.4) is 0 Å². The largest absolute Gasteiger partial charge is 0.490 e. The SMILES string of the molecule is CCC=CC(=CCF)OCCOc1c(C(C)OC)cc(C)cc1C(C)OC. The van der Waals surface area contributed by atoms with Gasteiger partial charge in [-0.25, -0.2) is 4.39 Å². The maximum atomic E-state index is 12.6. The lowest BCUT2D eigenvalue weighted by Crippen LogP contribution is -2.12. The van der Waals surface area contributed by atoms with Crippen LogP contribution in [0.2, 0.25) is 0 Å². The topological polar surface area (TPSA) is 36.9 Å². The highest BCUT2D eigenvalue weighted by molar-refractivity contribution is 5.47. The maximum Gasteiger partial charge on any atom is 0.131 e. The fourth-order valence-corrected chi connectivity index (χ4v) is 2.64. The van der Waals surface area contributed by atoms with Crippen LogP contribution in [0.4, 0.5) is 4.39 Å². The van der Waals surface area contributed by atoms with E-state index >= 15 is 0 Å². The molecule has 1 rings (SSSR count). The fourth-order valence-electron chi connectivity index (χ4n) is 2.64. The quantitative estimate of drug-likeness (QED) is 0.268. The maximum absolute atomic E-state index is 12.6. The average Bonchev–Trinajstić information content (AvgIpc) is 2.68. The second-order valence-electron chi connectivity index (χ2n) is 6.30. The van der Waals surface area contributed by atoms with Gasteiger partial charge in [-0.15, -0.1) is 0 Å². The summed E-state index contributed by atoms with van der Waals surface area (Å²) < 4.78 is 35.3. The molecule has 0 saturated heterocycles. The fraction of sp³-hybridized carbons (Fsp3) is 0.545. The number of hydrogen-bond acceptors (Lipinski definition) is 4. The van der Waals surface area contributed by atoms with E-state index in [1.54, 1.807) is 20.3 Å². The van der Waals surface area contributed by atoms with Crippen LogP contribution in [0.5, 0.6) is 5.75 Å². The van der Waals surface area contributed by atoms with E-state index in [9.17, 15) is 4.39 Å². The van der Waals surface area contributed by atoms with Crippen molar-refractivity contribution in [3.8, 4) is 5.75 Å². The van der Waals surface area contributed by atoms with Crippen molar-refractivity contribution in [3.05, 3.63) is 52.8 Å². The Morgan fingerprint density at radius 2 is 1.67 bits per heavy atom.